The van der Waals surface area contributed by atoms with Gasteiger partial charge in [-0.2, -0.15) is 0 Å². The van der Waals surface area contributed by atoms with Crippen LogP contribution < -0.4 is 14.8 Å². The summed E-state index contributed by atoms with van der Waals surface area (Å²) in [7, 11) is 3.47. The van der Waals surface area contributed by atoms with Crippen molar-refractivity contribution in [3.05, 3.63) is 77.3 Å². The topological polar surface area (TPSA) is 65.4 Å². The summed E-state index contributed by atoms with van der Waals surface area (Å²) in [5, 5.41) is 3.47. The van der Waals surface area contributed by atoms with Crippen molar-refractivity contribution in [1.29, 1.82) is 0 Å². The van der Waals surface area contributed by atoms with Crippen LogP contribution in [0.4, 0.5) is 0 Å². The molecule has 0 fully saturated rings. The first-order valence-corrected chi connectivity index (χ1v) is 9.20. The van der Waals surface area contributed by atoms with Gasteiger partial charge in [-0.05, 0) is 25.1 Å². The summed E-state index contributed by atoms with van der Waals surface area (Å²) in [6.07, 6.45) is 2.76. The van der Waals surface area contributed by atoms with Crippen LogP contribution in [0.15, 0.2) is 60.9 Å². The molecule has 28 heavy (non-hydrogen) atoms. The number of benzene rings is 2. The van der Waals surface area contributed by atoms with Gasteiger partial charge >= 0.3 is 0 Å². The van der Waals surface area contributed by atoms with Gasteiger partial charge in [0.05, 0.1) is 12.1 Å². The van der Waals surface area contributed by atoms with Gasteiger partial charge in [-0.15, -0.1) is 0 Å². The smallest absolute Gasteiger partial charge is 0.261 e. The number of imidazole rings is 1. The summed E-state index contributed by atoms with van der Waals surface area (Å²) < 4.78 is 13.1. The molecule has 7 heteroatoms. The molecule has 0 radical (unpaired) electrons. The number of hydrogen-bond acceptors (Lipinski definition) is 4. The first-order chi connectivity index (χ1) is 13.5. The predicted molar refractivity (Wildman–Crippen MR) is 108 cm³/mol. The van der Waals surface area contributed by atoms with E-state index in [1.165, 1.54) is 0 Å². The molecule has 1 heterocycles. The zero-order chi connectivity index (χ0) is 20.1. The number of methoxy groups -OCH3 is 1. The van der Waals surface area contributed by atoms with Crippen molar-refractivity contribution in [3.8, 4) is 11.5 Å². The van der Waals surface area contributed by atoms with Gasteiger partial charge in [-0.1, -0.05) is 41.9 Å². The maximum absolute atomic E-state index is 12.9. The largest absolute Gasteiger partial charge is 0.496 e. The Balaban J connectivity index is 1.86. The first kappa shape index (κ1) is 19.8. The lowest BCUT2D eigenvalue weighted by Crippen LogP contribution is -2.40. The van der Waals surface area contributed by atoms with Crippen LogP contribution in [-0.2, 0) is 11.8 Å². The highest BCUT2D eigenvalue weighted by atomic mass is 35.5. The lowest BCUT2D eigenvalue weighted by molar-refractivity contribution is -0.127. The standard InChI is InChI=1S/C21H22ClN3O3/c1-14(28-18-11-7-5-9-16(18)22)21(26)24-19(20-23-12-13-25(20)2)15-8-4-6-10-17(15)27-3/h4-14,19H,1-3H3,(H,24,26). The van der Waals surface area contributed by atoms with Crippen molar-refractivity contribution in [2.45, 2.75) is 19.1 Å². The molecule has 0 spiro atoms. The summed E-state index contributed by atoms with van der Waals surface area (Å²) >= 11 is 6.13. The number of aromatic nitrogens is 2. The number of para-hydroxylation sites is 2. The molecule has 146 valence electrons. The van der Waals surface area contributed by atoms with Crippen LogP contribution in [0.1, 0.15) is 24.4 Å². The fourth-order valence-corrected chi connectivity index (χ4v) is 3.07. The summed E-state index contributed by atoms with van der Waals surface area (Å²) in [4.78, 5) is 17.3. The highest BCUT2D eigenvalue weighted by Crippen LogP contribution is 2.29. The third-order valence-electron chi connectivity index (χ3n) is 4.36. The van der Waals surface area contributed by atoms with Crippen LogP contribution in [0.25, 0.3) is 0 Å². The third kappa shape index (κ3) is 4.28. The Bertz CT molecular complexity index is 957. The number of aryl methyl sites for hydroxylation is 1. The van der Waals surface area contributed by atoms with Crippen LogP contribution >= 0.6 is 11.6 Å². The predicted octanol–water partition coefficient (Wildman–Crippen LogP) is 3.76. The lowest BCUT2D eigenvalue weighted by atomic mass is 10.0. The van der Waals surface area contributed by atoms with Gasteiger partial charge in [-0.25, -0.2) is 4.98 Å². The van der Waals surface area contributed by atoms with Gasteiger partial charge in [0, 0.05) is 25.0 Å². The average Bonchev–Trinajstić information content (AvgIpc) is 3.13. The molecule has 0 aliphatic carbocycles. The third-order valence-corrected chi connectivity index (χ3v) is 4.68. The number of rotatable bonds is 7. The van der Waals surface area contributed by atoms with Crippen molar-refractivity contribution in [3.63, 3.8) is 0 Å². The number of carbonyl (C=O) groups excluding carboxylic acids is 1. The second kappa shape index (κ2) is 8.80. The first-order valence-electron chi connectivity index (χ1n) is 8.83. The van der Waals surface area contributed by atoms with E-state index in [4.69, 9.17) is 21.1 Å². The molecule has 1 aromatic heterocycles. The molecule has 0 bridgehead atoms. The Labute approximate surface area is 169 Å². The Kier molecular flexibility index (Phi) is 6.21. The van der Waals surface area contributed by atoms with Crippen LogP contribution in [0.5, 0.6) is 11.5 Å². The maximum Gasteiger partial charge on any atom is 0.261 e. The zero-order valence-corrected chi connectivity index (χ0v) is 16.7. The number of halogens is 1. The van der Waals surface area contributed by atoms with E-state index in [0.717, 1.165) is 5.56 Å². The molecule has 1 amide bonds. The van der Waals surface area contributed by atoms with E-state index < -0.39 is 12.1 Å². The second-order valence-corrected chi connectivity index (χ2v) is 6.68. The number of amides is 1. The van der Waals surface area contributed by atoms with Crippen LogP contribution in [-0.4, -0.2) is 28.7 Å². The molecule has 0 aliphatic rings. The Morgan fingerprint density at radius 2 is 1.82 bits per heavy atom. The number of nitrogens with zero attached hydrogens (tertiary/aromatic N) is 2. The van der Waals surface area contributed by atoms with E-state index in [1.54, 1.807) is 44.5 Å². The van der Waals surface area contributed by atoms with Gasteiger partial charge in [0.15, 0.2) is 6.10 Å². The van der Waals surface area contributed by atoms with Gasteiger partial charge in [-0.3, -0.25) is 4.79 Å². The molecule has 2 aromatic carbocycles. The monoisotopic (exact) mass is 399 g/mol. The van der Waals surface area contributed by atoms with Crippen LogP contribution in [0, 0.1) is 0 Å². The molecule has 2 atom stereocenters. The molecular formula is C21H22ClN3O3. The van der Waals surface area contributed by atoms with E-state index in [2.05, 4.69) is 10.3 Å². The van der Waals surface area contributed by atoms with Crippen molar-refractivity contribution < 1.29 is 14.3 Å². The Morgan fingerprint density at radius 1 is 1.14 bits per heavy atom. The van der Waals surface area contributed by atoms with Crippen LogP contribution in [0.3, 0.4) is 0 Å². The minimum absolute atomic E-state index is 0.293. The molecule has 6 nitrogen and oxygen atoms in total. The normalized spacial score (nSPS) is 12.9. The molecule has 1 N–H and O–H groups in total. The summed E-state index contributed by atoms with van der Waals surface area (Å²) in [5.41, 5.74) is 0.803. The molecule has 3 aromatic rings. The zero-order valence-electron chi connectivity index (χ0n) is 15.9. The highest BCUT2D eigenvalue weighted by Gasteiger charge is 2.26. The molecule has 0 saturated heterocycles. The number of hydrogen-bond donors (Lipinski definition) is 1. The number of ether oxygens (including phenoxy) is 2. The molecule has 3 rings (SSSR count). The second-order valence-electron chi connectivity index (χ2n) is 6.27. The molecule has 0 aliphatic heterocycles. The molecule has 2 unspecified atom stereocenters. The van der Waals surface area contributed by atoms with Crippen molar-refractivity contribution >= 4 is 17.5 Å². The highest BCUT2D eigenvalue weighted by molar-refractivity contribution is 6.32. The lowest BCUT2D eigenvalue weighted by Gasteiger charge is -2.23. The number of nitrogens with one attached hydrogen (secondary N) is 1. The van der Waals surface area contributed by atoms with Gasteiger partial charge < -0.3 is 19.4 Å². The van der Waals surface area contributed by atoms with E-state index in [1.807, 2.05) is 42.1 Å². The van der Waals surface area contributed by atoms with E-state index >= 15 is 0 Å². The minimum atomic E-state index is -0.752. The van der Waals surface area contributed by atoms with Crippen molar-refractivity contribution in [1.82, 2.24) is 14.9 Å². The maximum atomic E-state index is 12.9. The van der Waals surface area contributed by atoms with Gasteiger partial charge in [0.2, 0.25) is 0 Å². The minimum Gasteiger partial charge on any atom is -0.496 e. The van der Waals surface area contributed by atoms with Crippen LogP contribution in [0.2, 0.25) is 5.02 Å². The van der Waals surface area contributed by atoms with E-state index in [-0.39, 0.29) is 5.91 Å². The summed E-state index contributed by atoms with van der Waals surface area (Å²) in [6.45, 7) is 1.68. The SMILES string of the molecule is COc1ccccc1C(NC(=O)C(C)Oc1ccccc1Cl)c1nccn1C. The van der Waals surface area contributed by atoms with E-state index in [0.29, 0.717) is 22.3 Å². The quantitative estimate of drug-likeness (QED) is 0.657. The average molecular weight is 400 g/mol. The Hall–Kier alpha value is -2.99. The van der Waals surface area contributed by atoms with Crippen molar-refractivity contribution in [2.75, 3.05) is 7.11 Å². The van der Waals surface area contributed by atoms with E-state index in [9.17, 15) is 4.79 Å². The summed E-state index contributed by atoms with van der Waals surface area (Å²) in [6, 6.07) is 14.1. The summed E-state index contributed by atoms with van der Waals surface area (Å²) in [5.74, 6) is 1.51. The molecule has 0 saturated carbocycles. The fraction of sp³-hybridized carbons (Fsp3) is 0.238. The molecular weight excluding hydrogens is 378 g/mol. The fourth-order valence-electron chi connectivity index (χ4n) is 2.89. The number of carbonyl (C=O) groups is 1. The Morgan fingerprint density at radius 3 is 2.46 bits per heavy atom. The van der Waals surface area contributed by atoms with Gasteiger partial charge in [0.25, 0.3) is 5.91 Å². The van der Waals surface area contributed by atoms with Crippen molar-refractivity contribution in [2.24, 2.45) is 7.05 Å². The van der Waals surface area contributed by atoms with Gasteiger partial charge in [0.1, 0.15) is 23.4 Å².